The number of thiophene rings is 2. The Morgan fingerprint density at radius 2 is 0.371 bits per heavy atom. The molecule has 2 nitrogen and oxygen atoms in total. The maximum atomic E-state index is 2.37. The van der Waals surface area contributed by atoms with E-state index in [9.17, 15) is 0 Å². The Kier molecular flexibility index (Phi) is 18.1. The Bertz CT molecular complexity index is 7410. The number of hydrogen-bond donors (Lipinski definition) is 0. The SMILES string of the molecule is c1ccc(-c2ccc(N(c3ccc(-c4ccc5sc6ccccc6c5c4)cc3)c3cccc(-c4cccc(-c5ccc6c(ccc7ccccc76)c5)c4)c3)cc2)cc1.c1ccc(-c2ccc(N(c3ccc(-c4cccc(-c5ccc6c(ccc7ccccc76)c5)c4)cc3)c3ccc(-c4ccc5sc6ccccc6c5c4)cc3)cc2)cc1. The lowest BCUT2D eigenvalue weighted by Gasteiger charge is -2.26. The van der Waals surface area contributed by atoms with E-state index in [4.69, 9.17) is 0 Å². The van der Waals surface area contributed by atoms with E-state index in [1.54, 1.807) is 0 Å². The molecule has 0 N–H and O–H groups in total. The van der Waals surface area contributed by atoms with Gasteiger partial charge in [0.2, 0.25) is 0 Å². The minimum absolute atomic E-state index is 1.10. The van der Waals surface area contributed by atoms with Crippen LogP contribution < -0.4 is 9.80 Å². The highest BCUT2D eigenvalue weighted by atomic mass is 32.1. The maximum absolute atomic E-state index is 2.37. The van der Waals surface area contributed by atoms with E-state index >= 15 is 0 Å². The topological polar surface area (TPSA) is 6.48 Å². The van der Waals surface area contributed by atoms with Crippen LogP contribution in [-0.2, 0) is 0 Å². The van der Waals surface area contributed by atoms with E-state index in [1.807, 2.05) is 22.7 Å². The maximum Gasteiger partial charge on any atom is 0.0467 e. The lowest BCUT2D eigenvalue weighted by Crippen LogP contribution is -2.10. The molecule has 544 valence electrons. The van der Waals surface area contributed by atoms with Crippen molar-refractivity contribution in [1.29, 1.82) is 0 Å². The van der Waals surface area contributed by atoms with E-state index in [0.29, 0.717) is 0 Å². The van der Waals surface area contributed by atoms with Gasteiger partial charge in [0.15, 0.2) is 0 Å². The van der Waals surface area contributed by atoms with Gasteiger partial charge in [0.05, 0.1) is 0 Å². The van der Waals surface area contributed by atoms with Crippen molar-refractivity contribution in [1.82, 2.24) is 0 Å². The first-order chi connectivity index (χ1) is 57.4. The molecule has 0 unspecified atom stereocenters. The first-order valence-corrected chi connectivity index (χ1v) is 41.3. The van der Waals surface area contributed by atoms with Crippen LogP contribution in [0.1, 0.15) is 0 Å². The predicted octanol–water partition coefficient (Wildman–Crippen LogP) is 33.0. The first kappa shape index (κ1) is 69.4. The monoisotopic (exact) mass is 1510 g/mol. The number of rotatable bonds is 14. The molecule has 2 aromatic heterocycles. The lowest BCUT2D eigenvalue weighted by atomic mass is 9.95. The molecule has 0 spiro atoms. The van der Waals surface area contributed by atoms with Gasteiger partial charge in [-0.3, -0.25) is 0 Å². The van der Waals surface area contributed by atoms with Crippen LogP contribution >= 0.6 is 22.7 Å². The summed E-state index contributed by atoms with van der Waals surface area (Å²) in [5, 5.41) is 15.5. The fraction of sp³-hybridized carbons (Fsp3) is 0. The number of benzene rings is 20. The number of nitrogens with zero attached hydrogens (tertiary/aromatic N) is 2. The summed E-state index contributed by atoms with van der Waals surface area (Å²) < 4.78 is 5.30. The van der Waals surface area contributed by atoms with Gasteiger partial charge < -0.3 is 9.80 Å². The smallest absolute Gasteiger partial charge is 0.0467 e. The van der Waals surface area contributed by atoms with E-state index < -0.39 is 0 Å². The molecule has 0 aliphatic carbocycles. The third-order valence-corrected chi connectivity index (χ3v) is 25.2. The highest BCUT2D eigenvalue weighted by molar-refractivity contribution is 7.26. The molecule has 0 bridgehead atoms. The molecule has 2 heterocycles. The van der Waals surface area contributed by atoms with Gasteiger partial charge >= 0.3 is 0 Å². The summed E-state index contributed by atoms with van der Waals surface area (Å²) in [5.41, 5.74) is 25.9. The van der Waals surface area contributed by atoms with Gasteiger partial charge in [-0.05, 0) is 266 Å². The van der Waals surface area contributed by atoms with Crippen LogP contribution in [0.5, 0.6) is 0 Å². The van der Waals surface area contributed by atoms with Crippen molar-refractivity contribution in [2.75, 3.05) is 9.80 Å². The molecule has 0 saturated carbocycles. The van der Waals surface area contributed by atoms with E-state index in [1.165, 1.54) is 172 Å². The fourth-order valence-electron chi connectivity index (χ4n) is 16.9. The molecule has 116 heavy (non-hydrogen) atoms. The molecule has 0 radical (unpaired) electrons. The Balaban J connectivity index is 0.000000145. The quantitative estimate of drug-likeness (QED) is 0.100. The average Bonchev–Trinajstić information content (AvgIpc) is 1.71. The van der Waals surface area contributed by atoms with Crippen LogP contribution in [0.3, 0.4) is 0 Å². The summed E-state index contributed by atoms with van der Waals surface area (Å²) in [4.78, 5) is 4.72. The molecule has 22 rings (SSSR count). The van der Waals surface area contributed by atoms with Crippen molar-refractivity contribution in [2.45, 2.75) is 0 Å². The second-order valence-corrected chi connectivity index (χ2v) is 32.1. The average molecular weight is 1510 g/mol. The third-order valence-electron chi connectivity index (χ3n) is 22.9. The minimum Gasteiger partial charge on any atom is -0.311 e. The molecule has 0 atom stereocenters. The van der Waals surface area contributed by atoms with Gasteiger partial charge in [0.1, 0.15) is 0 Å². The van der Waals surface area contributed by atoms with Gasteiger partial charge in [0.25, 0.3) is 0 Å². The Morgan fingerprint density at radius 1 is 0.121 bits per heavy atom. The van der Waals surface area contributed by atoms with Crippen LogP contribution in [0.4, 0.5) is 34.1 Å². The van der Waals surface area contributed by atoms with Gasteiger partial charge in [0, 0.05) is 74.5 Å². The normalized spacial score (nSPS) is 11.4. The Labute approximate surface area is 682 Å². The van der Waals surface area contributed by atoms with Crippen molar-refractivity contribution in [3.63, 3.8) is 0 Å². The summed E-state index contributed by atoms with van der Waals surface area (Å²) in [7, 11) is 0. The third kappa shape index (κ3) is 13.5. The number of fused-ring (bicyclic) bond motifs is 12. The zero-order valence-corrected chi connectivity index (χ0v) is 65.1. The molecule has 0 saturated heterocycles. The van der Waals surface area contributed by atoms with Crippen LogP contribution in [0, 0.1) is 0 Å². The molecule has 22 aromatic rings. The summed E-state index contributed by atoms with van der Waals surface area (Å²) in [6.45, 7) is 0. The number of hydrogen-bond acceptors (Lipinski definition) is 4. The number of anilines is 6. The van der Waals surface area contributed by atoms with Crippen LogP contribution in [-0.4, -0.2) is 0 Å². The van der Waals surface area contributed by atoms with E-state index in [-0.39, 0.29) is 0 Å². The van der Waals surface area contributed by atoms with Crippen molar-refractivity contribution < 1.29 is 0 Å². The van der Waals surface area contributed by atoms with Gasteiger partial charge in [-0.2, -0.15) is 0 Å². The van der Waals surface area contributed by atoms with Crippen molar-refractivity contribution in [3.8, 4) is 89.0 Å². The van der Waals surface area contributed by atoms with Gasteiger partial charge in [-0.25, -0.2) is 0 Å². The minimum atomic E-state index is 1.10. The Hall–Kier alpha value is -14.5. The molecular formula is C112H74N2S2. The molecule has 4 heteroatoms. The summed E-state index contributed by atoms with van der Waals surface area (Å²) in [6, 6.07) is 164. The largest absolute Gasteiger partial charge is 0.311 e. The van der Waals surface area contributed by atoms with E-state index in [2.05, 4.69) is 459 Å². The lowest BCUT2D eigenvalue weighted by molar-refractivity contribution is 1.28. The summed E-state index contributed by atoms with van der Waals surface area (Å²) in [5.74, 6) is 0. The van der Waals surface area contributed by atoms with Crippen molar-refractivity contribution >= 4 is 140 Å². The van der Waals surface area contributed by atoms with Gasteiger partial charge in [-0.1, -0.05) is 315 Å². The first-order valence-electron chi connectivity index (χ1n) is 39.6. The zero-order chi connectivity index (χ0) is 76.8. The second-order valence-electron chi connectivity index (χ2n) is 29.9. The standard InChI is InChI=1S/2C56H37NS/c1-2-10-38(11-3-1)39-22-28-48(29-23-39)57(49-30-24-40(25-31-49)46-27-33-56-54(37-46)53-18-6-7-19-55(53)58-56)50-16-9-15-44(36-50)42-13-8-14-43(34-42)45-26-32-52-47(35-45)21-20-41-12-4-5-17-51(41)52;1-2-9-38(10-3-1)39-19-27-48(28-20-39)57(50-31-23-41(24-32-50)46-26-34-56-54(37-46)53-15-6-7-16-55(53)58-56)49-29-21-40(22-30-49)43-12-8-13-44(35-43)45-25-33-52-47(36-45)18-17-42-11-4-5-14-51(42)52/h2*1-37H. The molecule has 0 aliphatic heterocycles. The molecule has 0 aliphatic rings. The molecule has 0 amide bonds. The molecule has 0 fully saturated rings. The van der Waals surface area contributed by atoms with E-state index in [0.717, 1.165) is 34.1 Å². The van der Waals surface area contributed by atoms with Crippen molar-refractivity contribution in [2.24, 2.45) is 0 Å². The molecular weight excluding hydrogens is 1440 g/mol. The highest BCUT2D eigenvalue weighted by Gasteiger charge is 2.19. The van der Waals surface area contributed by atoms with Crippen molar-refractivity contribution in [3.05, 3.63) is 449 Å². The highest BCUT2D eigenvalue weighted by Crippen LogP contribution is 2.45. The van der Waals surface area contributed by atoms with Crippen LogP contribution in [0.2, 0.25) is 0 Å². The summed E-state index contributed by atoms with van der Waals surface area (Å²) >= 11 is 3.72. The zero-order valence-electron chi connectivity index (χ0n) is 63.4. The Morgan fingerprint density at radius 3 is 0.776 bits per heavy atom. The summed E-state index contributed by atoms with van der Waals surface area (Å²) in [6.07, 6.45) is 0. The predicted molar refractivity (Wildman–Crippen MR) is 502 cm³/mol. The van der Waals surface area contributed by atoms with Crippen LogP contribution in [0.15, 0.2) is 449 Å². The van der Waals surface area contributed by atoms with Gasteiger partial charge in [-0.15, -0.1) is 22.7 Å². The molecule has 20 aromatic carbocycles. The second kappa shape index (κ2) is 30.2. The fourth-order valence-corrected chi connectivity index (χ4v) is 19.1. The van der Waals surface area contributed by atoms with Crippen LogP contribution in [0.25, 0.3) is 172 Å².